The molecule has 0 aliphatic carbocycles. The summed E-state index contributed by atoms with van der Waals surface area (Å²) in [7, 11) is 1.77. The largest absolute Gasteiger partial charge is 0.385 e. The van der Waals surface area contributed by atoms with Crippen molar-refractivity contribution in [2.45, 2.75) is 52.6 Å². The Kier molecular flexibility index (Phi) is 5.40. The van der Waals surface area contributed by atoms with E-state index in [4.69, 9.17) is 9.72 Å². The van der Waals surface area contributed by atoms with Crippen LogP contribution in [0.4, 0.5) is 0 Å². The molecule has 0 unspecified atom stereocenters. The summed E-state index contributed by atoms with van der Waals surface area (Å²) in [6, 6.07) is 0. The van der Waals surface area contributed by atoms with Crippen LogP contribution in [0.25, 0.3) is 0 Å². The Labute approximate surface area is 116 Å². The minimum absolute atomic E-state index is 0.662. The third-order valence-corrected chi connectivity index (χ3v) is 3.64. The van der Waals surface area contributed by atoms with E-state index in [0.29, 0.717) is 5.92 Å². The molecule has 2 rings (SSSR count). The molecule has 0 saturated heterocycles. The second kappa shape index (κ2) is 7.06. The fourth-order valence-electron chi connectivity index (χ4n) is 2.73. The molecule has 4 heteroatoms. The summed E-state index contributed by atoms with van der Waals surface area (Å²) < 4.78 is 7.61. The maximum atomic E-state index is 5.13. The molecular formula is C15H27N3O. The van der Waals surface area contributed by atoms with Gasteiger partial charge >= 0.3 is 0 Å². The van der Waals surface area contributed by atoms with E-state index in [1.54, 1.807) is 7.11 Å². The number of hydrogen-bond acceptors (Lipinski definition) is 3. The van der Waals surface area contributed by atoms with Gasteiger partial charge in [-0.3, -0.25) is 0 Å². The number of fused-ring (bicyclic) bond motifs is 1. The minimum atomic E-state index is 0.662. The molecule has 0 radical (unpaired) electrons. The zero-order chi connectivity index (χ0) is 13.7. The Balaban J connectivity index is 2.10. The Morgan fingerprint density at radius 1 is 1.37 bits per heavy atom. The van der Waals surface area contributed by atoms with Gasteiger partial charge in [-0.15, -0.1) is 0 Å². The van der Waals surface area contributed by atoms with Crippen molar-refractivity contribution in [1.82, 2.24) is 14.9 Å². The van der Waals surface area contributed by atoms with Crippen LogP contribution in [-0.4, -0.2) is 29.8 Å². The predicted octanol–water partition coefficient (Wildman–Crippen LogP) is 2.15. The van der Waals surface area contributed by atoms with Crippen LogP contribution in [0.1, 0.15) is 43.9 Å². The normalized spacial score (nSPS) is 14.9. The van der Waals surface area contributed by atoms with Gasteiger partial charge in [-0.2, -0.15) is 0 Å². The van der Waals surface area contributed by atoms with E-state index < -0.39 is 0 Å². The van der Waals surface area contributed by atoms with Gasteiger partial charge in [0.15, 0.2) is 0 Å². The Morgan fingerprint density at radius 3 is 2.95 bits per heavy atom. The van der Waals surface area contributed by atoms with Gasteiger partial charge in [0.05, 0.1) is 5.69 Å². The topological polar surface area (TPSA) is 39.1 Å². The number of ether oxygens (including phenoxy) is 1. The molecule has 0 spiro atoms. The zero-order valence-corrected chi connectivity index (χ0v) is 12.5. The van der Waals surface area contributed by atoms with Gasteiger partial charge in [-0.25, -0.2) is 4.98 Å². The highest BCUT2D eigenvalue weighted by Crippen LogP contribution is 2.19. The lowest BCUT2D eigenvalue weighted by atomic mass is 10.1. The summed E-state index contributed by atoms with van der Waals surface area (Å²) in [6.45, 7) is 8.50. The van der Waals surface area contributed by atoms with Crippen molar-refractivity contribution in [3.05, 3.63) is 17.2 Å². The Morgan fingerprint density at radius 2 is 2.21 bits per heavy atom. The van der Waals surface area contributed by atoms with Crippen LogP contribution in [0.5, 0.6) is 0 Å². The molecule has 1 aromatic rings. The van der Waals surface area contributed by atoms with Crippen LogP contribution in [0.3, 0.4) is 0 Å². The molecule has 0 amide bonds. The molecule has 1 aliphatic rings. The Bertz CT molecular complexity index is 398. The lowest BCUT2D eigenvalue weighted by Crippen LogP contribution is -2.25. The number of imidazole rings is 1. The molecule has 1 aromatic heterocycles. The highest BCUT2D eigenvalue weighted by atomic mass is 16.5. The van der Waals surface area contributed by atoms with Crippen molar-refractivity contribution in [2.75, 3.05) is 20.3 Å². The molecule has 0 saturated carbocycles. The molecule has 0 aromatic carbocycles. The summed E-state index contributed by atoms with van der Waals surface area (Å²) in [4.78, 5) is 4.86. The van der Waals surface area contributed by atoms with Crippen LogP contribution in [0.15, 0.2) is 0 Å². The van der Waals surface area contributed by atoms with E-state index in [1.165, 1.54) is 23.6 Å². The lowest BCUT2D eigenvalue weighted by molar-refractivity contribution is 0.191. The van der Waals surface area contributed by atoms with Crippen LogP contribution >= 0.6 is 0 Å². The van der Waals surface area contributed by atoms with Crippen LogP contribution in [-0.2, 0) is 30.7 Å². The zero-order valence-electron chi connectivity index (χ0n) is 12.5. The second-order valence-corrected chi connectivity index (χ2v) is 5.80. The second-order valence-electron chi connectivity index (χ2n) is 5.80. The van der Waals surface area contributed by atoms with E-state index in [0.717, 1.165) is 45.5 Å². The number of hydrogen-bond donors (Lipinski definition) is 1. The van der Waals surface area contributed by atoms with Crippen molar-refractivity contribution >= 4 is 0 Å². The van der Waals surface area contributed by atoms with Gasteiger partial charge in [0.1, 0.15) is 5.82 Å². The minimum Gasteiger partial charge on any atom is -0.385 e. The first-order chi connectivity index (χ1) is 9.22. The number of aromatic nitrogens is 2. The Hall–Kier alpha value is -0.870. The third-order valence-electron chi connectivity index (χ3n) is 3.64. The maximum absolute atomic E-state index is 5.13. The molecule has 19 heavy (non-hydrogen) atoms. The molecule has 0 atom stereocenters. The standard InChI is InChI=1S/C15H27N3O/c1-12(2)10-15-17-13-11-16-7-6-14(13)18(15)8-4-5-9-19-3/h12,16H,4-11H2,1-3H3. The van der Waals surface area contributed by atoms with Crippen molar-refractivity contribution in [3.8, 4) is 0 Å². The summed E-state index contributed by atoms with van der Waals surface area (Å²) in [5, 5.41) is 3.42. The molecule has 0 bridgehead atoms. The first-order valence-corrected chi connectivity index (χ1v) is 7.49. The van der Waals surface area contributed by atoms with Crippen molar-refractivity contribution in [1.29, 1.82) is 0 Å². The number of rotatable bonds is 7. The fraction of sp³-hybridized carbons (Fsp3) is 0.800. The highest BCUT2D eigenvalue weighted by Gasteiger charge is 2.19. The third kappa shape index (κ3) is 3.80. The smallest absolute Gasteiger partial charge is 0.109 e. The van der Waals surface area contributed by atoms with E-state index in [9.17, 15) is 0 Å². The molecule has 108 valence electrons. The molecule has 1 N–H and O–H groups in total. The monoisotopic (exact) mass is 265 g/mol. The van der Waals surface area contributed by atoms with Gasteiger partial charge in [-0.05, 0) is 18.8 Å². The van der Waals surface area contributed by atoms with E-state index in [1.807, 2.05) is 0 Å². The predicted molar refractivity (Wildman–Crippen MR) is 77.3 cm³/mol. The van der Waals surface area contributed by atoms with Gasteiger partial charge in [0.25, 0.3) is 0 Å². The van der Waals surface area contributed by atoms with Gasteiger partial charge < -0.3 is 14.6 Å². The molecule has 4 nitrogen and oxygen atoms in total. The average Bonchev–Trinajstić information content (AvgIpc) is 2.72. The van der Waals surface area contributed by atoms with Gasteiger partial charge in [-0.1, -0.05) is 13.8 Å². The first kappa shape index (κ1) is 14.5. The van der Waals surface area contributed by atoms with E-state index in [-0.39, 0.29) is 0 Å². The SMILES string of the molecule is COCCCCn1c(CC(C)C)nc2c1CCNC2. The van der Waals surface area contributed by atoms with E-state index >= 15 is 0 Å². The lowest BCUT2D eigenvalue weighted by Gasteiger charge is -2.16. The number of unbranched alkanes of at least 4 members (excludes halogenated alkanes) is 1. The van der Waals surface area contributed by atoms with E-state index in [2.05, 4.69) is 23.7 Å². The first-order valence-electron chi connectivity index (χ1n) is 7.49. The molecule has 2 heterocycles. The molecular weight excluding hydrogens is 238 g/mol. The highest BCUT2D eigenvalue weighted by molar-refractivity contribution is 5.20. The van der Waals surface area contributed by atoms with Crippen LogP contribution in [0.2, 0.25) is 0 Å². The molecule has 1 aliphatic heterocycles. The molecule has 0 fully saturated rings. The summed E-state index contributed by atoms with van der Waals surface area (Å²) in [6.07, 6.45) is 4.50. The number of nitrogens with one attached hydrogen (secondary N) is 1. The van der Waals surface area contributed by atoms with Crippen molar-refractivity contribution in [2.24, 2.45) is 5.92 Å². The van der Waals surface area contributed by atoms with Crippen molar-refractivity contribution < 1.29 is 4.74 Å². The number of methoxy groups -OCH3 is 1. The van der Waals surface area contributed by atoms with Gasteiger partial charge in [0.2, 0.25) is 0 Å². The fourth-order valence-corrected chi connectivity index (χ4v) is 2.73. The maximum Gasteiger partial charge on any atom is 0.109 e. The van der Waals surface area contributed by atoms with Crippen LogP contribution < -0.4 is 5.32 Å². The summed E-state index contributed by atoms with van der Waals surface area (Å²) in [5.74, 6) is 1.94. The average molecular weight is 265 g/mol. The van der Waals surface area contributed by atoms with Crippen molar-refractivity contribution in [3.63, 3.8) is 0 Å². The van der Waals surface area contributed by atoms with Gasteiger partial charge in [0, 0.05) is 51.9 Å². The summed E-state index contributed by atoms with van der Waals surface area (Å²) >= 11 is 0. The summed E-state index contributed by atoms with van der Waals surface area (Å²) in [5.41, 5.74) is 2.74. The quantitative estimate of drug-likeness (QED) is 0.768. The van der Waals surface area contributed by atoms with Crippen LogP contribution in [0, 0.1) is 5.92 Å². The number of nitrogens with zero attached hydrogens (tertiary/aromatic N) is 2.